The van der Waals surface area contributed by atoms with Crippen molar-refractivity contribution in [3.63, 3.8) is 0 Å². The van der Waals surface area contributed by atoms with Crippen LogP contribution < -0.4 is 0 Å². The van der Waals surface area contributed by atoms with Crippen molar-refractivity contribution in [2.24, 2.45) is 0 Å². The summed E-state index contributed by atoms with van der Waals surface area (Å²) in [6.45, 7) is 10.2. The highest BCUT2D eigenvalue weighted by molar-refractivity contribution is 5.07. The second-order valence-electron chi connectivity index (χ2n) is 4.84. The number of hydrogen-bond acceptors (Lipinski definition) is 3. The lowest BCUT2D eigenvalue weighted by atomic mass is 10.1. The lowest BCUT2D eigenvalue weighted by molar-refractivity contribution is 0.0333. The maximum Gasteiger partial charge on any atom is 0.118 e. The Labute approximate surface area is 98.1 Å². The molecular formula is C13H23NO2. The Morgan fingerprint density at radius 2 is 1.88 bits per heavy atom. The summed E-state index contributed by atoms with van der Waals surface area (Å²) in [6.07, 6.45) is 0.928. The van der Waals surface area contributed by atoms with Gasteiger partial charge in [-0.25, -0.2) is 0 Å². The lowest BCUT2D eigenvalue weighted by Gasteiger charge is -2.27. The topological polar surface area (TPSA) is 36.6 Å². The average molecular weight is 225 g/mol. The Balaban J connectivity index is 2.56. The van der Waals surface area contributed by atoms with Crippen LogP contribution in [0.5, 0.6) is 0 Å². The van der Waals surface area contributed by atoms with Gasteiger partial charge in [-0.15, -0.1) is 0 Å². The van der Waals surface area contributed by atoms with Crippen molar-refractivity contribution in [2.45, 2.75) is 46.3 Å². The van der Waals surface area contributed by atoms with Gasteiger partial charge in [-0.05, 0) is 32.5 Å². The van der Waals surface area contributed by atoms with E-state index in [1.807, 2.05) is 26.0 Å². The number of likely N-dealkylation sites (N-methyl/N-ethyl adjacent to an activating group) is 1. The van der Waals surface area contributed by atoms with Crippen LogP contribution in [0.2, 0.25) is 0 Å². The predicted octanol–water partition coefficient (Wildman–Crippen LogP) is 2.43. The van der Waals surface area contributed by atoms with Gasteiger partial charge in [0.15, 0.2) is 0 Å². The number of aryl methyl sites for hydroxylation is 1. The van der Waals surface area contributed by atoms with Gasteiger partial charge in [0, 0.05) is 13.0 Å². The molecule has 0 aliphatic carbocycles. The number of furan rings is 1. The Kier molecular flexibility index (Phi) is 4.56. The predicted molar refractivity (Wildman–Crippen MR) is 65.3 cm³/mol. The molecule has 0 spiro atoms. The molecule has 0 unspecified atom stereocenters. The van der Waals surface area contributed by atoms with Crippen molar-refractivity contribution >= 4 is 0 Å². The minimum atomic E-state index is -0.657. The molecule has 92 valence electrons. The minimum Gasteiger partial charge on any atom is -0.465 e. The average Bonchev–Trinajstić information content (AvgIpc) is 2.62. The van der Waals surface area contributed by atoms with Crippen LogP contribution in [0, 0.1) is 0 Å². The summed E-state index contributed by atoms with van der Waals surface area (Å²) < 4.78 is 5.66. The number of hydrogen-bond donors (Lipinski definition) is 1. The Hall–Kier alpha value is -0.800. The summed E-state index contributed by atoms with van der Waals surface area (Å²) in [5.41, 5.74) is -0.657. The Morgan fingerprint density at radius 1 is 1.25 bits per heavy atom. The van der Waals surface area contributed by atoms with Crippen LogP contribution in [0.25, 0.3) is 0 Å². The van der Waals surface area contributed by atoms with Gasteiger partial charge in [0.05, 0.1) is 12.1 Å². The van der Waals surface area contributed by atoms with E-state index in [0.717, 1.165) is 31.0 Å². The third-order valence-electron chi connectivity index (χ3n) is 2.50. The maximum absolute atomic E-state index is 9.78. The zero-order valence-corrected chi connectivity index (χ0v) is 10.8. The van der Waals surface area contributed by atoms with Crippen molar-refractivity contribution in [1.82, 2.24) is 4.90 Å². The first-order valence-corrected chi connectivity index (χ1v) is 5.97. The van der Waals surface area contributed by atoms with E-state index in [1.54, 1.807) is 0 Å². The second-order valence-corrected chi connectivity index (χ2v) is 4.84. The Morgan fingerprint density at radius 3 is 2.31 bits per heavy atom. The third-order valence-corrected chi connectivity index (χ3v) is 2.50. The van der Waals surface area contributed by atoms with Gasteiger partial charge < -0.3 is 9.52 Å². The van der Waals surface area contributed by atoms with E-state index in [4.69, 9.17) is 4.42 Å². The number of nitrogens with zero attached hydrogens (tertiary/aromatic N) is 1. The standard InChI is InChI=1S/C13H23NO2/c1-5-11-7-8-12(16-11)9-14(6-2)10-13(3,4)15/h7-8,15H,5-6,9-10H2,1-4H3. The highest BCUT2D eigenvalue weighted by Crippen LogP contribution is 2.13. The maximum atomic E-state index is 9.78. The van der Waals surface area contributed by atoms with Crippen molar-refractivity contribution in [3.8, 4) is 0 Å². The summed E-state index contributed by atoms with van der Waals surface area (Å²) >= 11 is 0. The van der Waals surface area contributed by atoms with Crippen LogP contribution in [-0.2, 0) is 13.0 Å². The minimum absolute atomic E-state index is 0.657. The molecule has 0 saturated carbocycles. The van der Waals surface area contributed by atoms with Crippen LogP contribution >= 0.6 is 0 Å². The van der Waals surface area contributed by atoms with E-state index in [9.17, 15) is 5.11 Å². The zero-order chi connectivity index (χ0) is 12.2. The van der Waals surface area contributed by atoms with E-state index in [1.165, 1.54) is 0 Å². The van der Waals surface area contributed by atoms with E-state index in [-0.39, 0.29) is 0 Å². The lowest BCUT2D eigenvalue weighted by Crippen LogP contribution is -2.38. The Bertz CT molecular complexity index is 312. The van der Waals surface area contributed by atoms with Gasteiger partial charge in [-0.1, -0.05) is 13.8 Å². The largest absolute Gasteiger partial charge is 0.465 e. The van der Waals surface area contributed by atoms with E-state index in [2.05, 4.69) is 18.7 Å². The molecule has 1 aromatic heterocycles. The molecule has 3 nitrogen and oxygen atoms in total. The fraction of sp³-hybridized carbons (Fsp3) is 0.692. The first-order chi connectivity index (χ1) is 7.44. The quantitative estimate of drug-likeness (QED) is 0.808. The molecule has 16 heavy (non-hydrogen) atoms. The number of aliphatic hydroxyl groups is 1. The molecule has 0 amide bonds. The second kappa shape index (κ2) is 5.51. The molecule has 1 heterocycles. The molecule has 0 aliphatic rings. The van der Waals surface area contributed by atoms with E-state index in [0.29, 0.717) is 6.54 Å². The molecule has 0 fully saturated rings. The molecule has 0 atom stereocenters. The molecule has 0 radical (unpaired) electrons. The van der Waals surface area contributed by atoms with Crippen LogP contribution in [0.3, 0.4) is 0 Å². The van der Waals surface area contributed by atoms with Gasteiger partial charge in [-0.3, -0.25) is 4.90 Å². The first kappa shape index (κ1) is 13.3. The molecular weight excluding hydrogens is 202 g/mol. The number of rotatable bonds is 6. The van der Waals surface area contributed by atoms with Gasteiger partial charge >= 0.3 is 0 Å². The monoisotopic (exact) mass is 225 g/mol. The summed E-state index contributed by atoms with van der Waals surface area (Å²) in [5, 5.41) is 9.78. The van der Waals surface area contributed by atoms with Gasteiger partial charge in [0.2, 0.25) is 0 Å². The molecule has 3 heteroatoms. The normalized spacial score (nSPS) is 12.4. The van der Waals surface area contributed by atoms with Crippen molar-refractivity contribution in [3.05, 3.63) is 23.7 Å². The molecule has 0 aliphatic heterocycles. The fourth-order valence-corrected chi connectivity index (χ4v) is 1.74. The van der Waals surface area contributed by atoms with E-state index >= 15 is 0 Å². The molecule has 0 aromatic carbocycles. The molecule has 1 N–H and O–H groups in total. The van der Waals surface area contributed by atoms with Crippen LogP contribution in [0.4, 0.5) is 0 Å². The molecule has 0 saturated heterocycles. The van der Waals surface area contributed by atoms with E-state index < -0.39 is 5.60 Å². The molecule has 1 rings (SSSR count). The van der Waals surface area contributed by atoms with Crippen LogP contribution in [-0.4, -0.2) is 28.7 Å². The summed E-state index contributed by atoms with van der Waals surface area (Å²) in [4.78, 5) is 2.18. The fourth-order valence-electron chi connectivity index (χ4n) is 1.74. The summed E-state index contributed by atoms with van der Waals surface area (Å²) in [7, 11) is 0. The van der Waals surface area contributed by atoms with Gasteiger partial charge in [0.1, 0.15) is 11.5 Å². The van der Waals surface area contributed by atoms with Gasteiger partial charge in [-0.2, -0.15) is 0 Å². The van der Waals surface area contributed by atoms with Crippen molar-refractivity contribution in [1.29, 1.82) is 0 Å². The van der Waals surface area contributed by atoms with Crippen molar-refractivity contribution < 1.29 is 9.52 Å². The summed E-state index contributed by atoms with van der Waals surface area (Å²) in [6, 6.07) is 4.04. The smallest absolute Gasteiger partial charge is 0.118 e. The van der Waals surface area contributed by atoms with Crippen LogP contribution in [0.1, 0.15) is 39.2 Å². The van der Waals surface area contributed by atoms with Crippen LogP contribution in [0.15, 0.2) is 16.5 Å². The highest BCUT2D eigenvalue weighted by Gasteiger charge is 2.18. The highest BCUT2D eigenvalue weighted by atomic mass is 16.3. The van der Waals surface area contributed by atoms with Crippen molar-refractivity contribution in [2.75, 3.05) is 13.1 Å². The van der Waals surface area contributed by atoms with Gasteiger partial charge in [0.25, 0.3) is 0 Å². The SMILES string of the molecule is CCc1ccc(CN(CC)CC(C)(C)O)o1. The molecule has 0 bridgehead atoms. The summed E-state index contributed by atoms with van der Waals surface area (Å²) in [5.74, 6) is 2.00. The zero-order valence-electron chi connectivity index (χ0n) is 10.8. The molecule has 1 aromatic rings. The third kappa shape index (κ3) is 4.37. The first-order valence-electron chi connectivity index (χ1n) is 5.97.